The van der Waals surface area contributed by atoms with Crippen molar-refractivity contribution in [3.63, 3.8) is 0 Å². The fourth-order valence-corrected chi connectivity index (χ4v) is 4.06. The standard InChI is InChI=1S/C22H33NO/c1-7-9-19-13-18(6)23(22(24)20(19)10-8-2)14-21-16(4)11-15(3)12-17(21)5/h11-12,18H,7-10,13-14H2,1-6H3/t18-/m1/s1. The van der Waals surface area contributed by atoms with Gasteiger partial charge in [0, 0.05) is 18.2 Å². The van der Waals surface area contributed by atoms with Gasteiger partial charge in [0.1, 0.15) is 0 Å². The number of aryl methyl sites for hydroxylation is 3. The topological polar surface area (TPSA) is 20.3 Å². The van der Waals surface area contributed by atoms with E-state index in [1.54, 1.807) is 0 Å². The van der Waals surface area contributed by atoms with Crippen LogP contribution < -0.4 is 0 Å². The summed E-state index contributed by atoms with van der Waals surface area (Å²) in [6, 6.07) is 4.75. The SMILES string of the molecule is CCCC1=C(CCC)C(=O)N(Cc2c(C)cc(C)cc2C)[C@H](C)C1. The summed E-state index contributed by atoms with van der Waals surface area (Å²) in [5.41, 5.74) is 7.71. The van der Waals surface area contributed by atoms with Crippen LogP contribution in [0.1, 0.15) is 75.1 Å². The van der Waals surface area contributed by atoms with E-state index in [1.807, 2.05) is 0 Å². The van der Waals surface area contributed by atoms with Gasteiger partial charge in [0.25, 0.3) is 0 Å². The zero-order chi connectivity index (χ0) is 17.9. The molecule has 2 rings (SSSR count). The van der Waals surface area contributed by atoms with Crippen LogP contribution in [-0.4, -0.2) is 16.8 Å². The lowest BCUT2D eigenvalue weighted by Gasteiger charge is -2.37. The van der Waals surface area contributed by atoms with E-state index in [4.69, 9.17) is 0 Å². The predicted octanol–water partition coefficient (Wildman–Crippen LogP) is 5.63. The van der Waals surface area contributed by atoms with Gasteiger partial charge in [0.2, 0.25) is 5.91 Å². The molecule has 1 amide bonds. The molecule has 0 saturated heterocycles. The van der Waals surface area contributed by atoms with Gasteiger partial charge in [-0.3, -0.25) is 4.79 Å². The number of hydrogen-bond acceptors (Lipinski definition) is 1. The smallest absolute Gasteiger partial charge is 0.250 e. The first-order chi connectivity index (χ1) is 11.4. The van der Waals surface area contributed by atoms with Gasteiger partial charge in [-0.05, 0) is 63.6 Å². The van der Waals surface area contributed by atoms with Gasteiger partial charge in [-0.15, -0.1) is 0 Å². The molecule has 1 aromatic rings. The molecule has 1 atom stereocenters. The first-order valence-corrected chi connectivity index (χ1v) is 9.47. The van der Waals surface area contributed by atoms with Gasteiger partial charge >= 0.3 is 0 Å². The van der Waals surface area contributed by atoms with E-state index in [0.29, 0.717) is 6.04 Å². The highest BCUT2D eigenvalue weighted by molar-refractivity contribution is 5.95. The summed E-state index contributed by atoms with van der Waals surface area (Å²) in [4.78, 5) is 15.3. The molecule has 0 saturated carbocycles. The predicted molar refractivity (Wildman–Crippen MR) is 102 cm³/mol. The molecule has 0 aromatic heterocycles. The summed E-state index contributed by atoms with van der Waals surface area (Å²) in [5.74, 6) is 0.276. The van der Waals surface area contributed by atoms with E-state index < -0.39 is 0 Å². The van der Waals surface area contributed by atoms with Crippen molar-refractivity contribution in [2.75, 3.05) is 0 Å². The second-order valence-electron chi connectivity index (χ2n) is 7.45. The Labute approximate surface area is 147 Å². The van der Waals surface area contributed by atoms with Crippen LogP contribution in [-0.2, 0) is 11.3 Å². The van der Waals surface area contributed by atoms with Crippen molar-refractivity contribution in [3.8, 4) is 0 Å². The second-order valence-corrected chi connectivity index (χ2v) is 7.45. The Balaban J connectivity index is 2.33. The van der Waals surface area contributed by atoms with Crippen LogP contribution in [0.3, 0.4) is 0 Å². The number of benzene rings is 1. The third kappa shape index (κ3) is 3.91. The minimum atomic E-state index is 0.276. The van der Waals surface area contributed by atoms with E-state index in [1.165, 1.54) is 27.8 Å². The van der Waals surface area contributed by atoms with Gasteiger partial charge < -0.3 is 4.90 Å². The Hall–Kier alpha value is -1.57. The largest absolute Gasteiger partial charge is 0.332 e. The Morgan fingerprint density at radius 1 is 1.04 bits per heavy atom. The molecule has 0 spiro atoms. The lowest BCUT2D eigenvalue weighted by atomic mass is 9.88. The number of nitrogens with zero attached hydrogens (tertiary/aromatic N) is 1. The van der Waals surface area contributed by atoms with Gasteiger partial charge in [-0.25, -0.2) is 0 Å². The van der Waals surface area contributed by atoms with E-state index in [2.05, 4.69) is 58.6 Å². The first-order valence-electron chi connectivity index (χ1n) is 9.47. The van der Waals surface area contributed by atoms with Crippen LogP contribution in [0.25, 0.3) is 0 Å². The van der Waals surface area contributed by atoms with E-state index in [0.717, 1.165) is 44.2 Å². The van der Waals surface area contributed by atoms with Crippen molar-refractivity contribution >= 4 is 5.91 Å². The molecule has 0 radical (unpaired) electrons. The molecule has 1 aromatic carbocycles. The highest BCUT2D eigenvalue weighted by Gasteiger charge is 2.31. The number of rotatable bonds is 6. The molecule has 2 heteroatoms. The monoisotopic (exact) mass is 327 g/mol. The molecule has 24 heavy (non-hydrogen) atoms. The summed E-state index contributed by atoms with van der Waals surface area (Å²) in [6.07, 6.45) is 5.20. The molecule has 132 valence electrons. The van der Waals surface area contributed by atoms with E-state index in [9.17, 15) is 4.79 Å². The van der Waals surface area contributed by atoms with E-state index in [-0.39, 0.29) is 5.91 Å². The summed E-state index contributed by atoms with van der Waals surface area (Å²) < 4.78 is 0. The van der Waals surface area contributed by atoms with Crippen molar-refractivity contribution in [1.82, 2.24) is 4.90 Å². The van der Waals surface area contributed by atoms with Crippen molar-refractivity contribution in [1.29, 1.82) is 0 Å². The van der Waals surface area contributed by atoms with Crippen molar-refractivity contribution in [2.45, 2.75) is 86.2 Å². The lowest BCUT2D eigenvalue weighted by Crippen LogP contribution is -2.43. The first kappa shape index (κ1) is 18.8. The highest BCUT2D eigenvalue weighted by Crippen LogP contribution is 2.32. The fraction of sp³-hybridized carbons (Fsp3) is 0.591. The third-order valence-corrected chi connectivity index (χ3v) is 5.24. The average molecular weight is 328 g/mol. The van der Waals surface area contributed by atoms with Crippen LogP contribution in [0.4, 0.5) is 0 Å². The van der Waals surface area contributed by atoms with E-state index >= 15 is 0 Å². The summed E-state index contributed by atoms with van der Waals surface area (Å²) in [5, 5.41) is 0. The minimum Gasteiger partial charge on any atom is -0.332 e. The van der Waals surface area contributed by atoms with Crippen LogP contribution in [0.2, 0.25) is 0 Å². The lowest BCUT2D eigenvalue weighted by molar-refractivity contribution is -0.131. The number of hydrogen-bond donors (Lipinski definition) is 0. The highest BCUT2D eigenvalue weighted by atomic mass is 16.2. The van der Waals surface area contributed by atoms with Gasteiger partial charge in [0.15, 0.2) is 0 Å². The zero-order valence-corrected chi connectivity index (χ0v) is 16.3. The normalized spacial score (nSPS) is 18.5. The Bertz CT molecular complexity index is 618. The maximum Gasteiger partial charge on any atom is 0.250 e. The quantitative estimate of drug-likeness (QED) is 0.663. The van der Waals surface area contributed by atoms with Crippen LogP contribution in [0, 0.1) is 20.8 Å². The number of carbonyl (C=O) groups is 1. The molecule has 0 aliphatic carbocycles. The molecule has 0 unspecified atom stereocenters. The Kier molecular flexibility index (Phi) is 6.26. The molecule has 2 nitrogen and oxygen atoms in total. The summed E-state index contributed by atoms with van der Waals surface area (Å²) >= 11 is 0. The Morgan fingerprint density at radius 2 is 1.62 bits per heavy atom. The summed E-state index contributed by atoms with van der Waals surface area (Å²) in [7, 11) is 0. The molecule has 1 aliphatic rings. The molecule has 1 heterocycles. The van der Waals surface area contributed by atoms with Crippen molar-refractivity contribution in [2.24, 2.45) is 0 Å². The maximum absolute atomic E-state index is 13.2. The molecule has 0 N–H and O–H groups in total. The maximum atomic E-state index is 13.2. The zero-order valence-electron chi connectivity index (χ0n) is 16.3. The van der Waals surface area contributed by atoms with Crippen LogP contribution in [0.5, 0.6) is 0 Å². The van der Waals surface area contributed by atoms with Gasteiger partial charge in [0.05, 0.1) is 0 Å². The minimum absolute atomic E-state index is 0.276. The molecular formula is C22H33NO. The average Bonchev–Trinajstić information content (AvgIpc) is 2.49. The molecule has 0 fully saturated rings. The number of carbonyl (C=O) groups excluding carboxylic acids is 1. The second kappa shape index (κ2) is 8.00. The van der Waals surface area contributed by atoms with Gasteiger partial charge in [-0.1, -0.05) is 50.0 Å². The summed E-state index contributed by atoms with van der Waals surface area (Å²) in [6.45, 7) is 13.8. The van der Waals surface area contributed by atoms with Gasteiger partial charge in [-0.2, -0.15) is 0 Å². The molecule has 1 aliphatic heterocycles. The Morgan fingerprint density at radius 3 is 2.17 bits per heavy atom. The molecular weight excluding hydrogens is 294 g/mol. The third-order valence-electron chi connectivity index (χ3n) is 5.24. The fourth-order valence-electron chi connectivity index (χ4n) is 4.06. The van der Waals surface area contributed by atoms with Crippen LogP contribution >= 0.6 is 0 Å². The van der Waals surface area contributed by atoms with Crippen LogP contribution in [0.15, 0.2) is 23.3 Å². The van der Waals surface area contributed by atoms with Crippen molar-refractivity contribution in [3.05, 3.63) is 45.5 Å². The number of amides is 1. The van der Waals surface area contributed by atoms with Crippen molar-refractivity contribution < 1.29 is 4.79 Å². The molecule has 0 bridgehead atoms.